The average Bonchev–Trinajstić information content (AvgIpc) is 2.18. The second-order valence-electron chi connectivity index (χ2n) is 3.14. The fourth-order valence-corrected chi connectivity index (χ4v) is 1.22. The van der Waals surface area contributed by atoms with E-state index >= 15 is 0 Å². The SMILES string of the molecule is CCOC(=O)c1ccc(CC(N)F)cc1. The van der Waals surface area contributed by atoms with Crippen LogP contribution in [0.1, 0.15) is 22.8 Å². The highest BCUT2D eigenvalue weighted by Crippen LogP contribution is 2.08. The lowest BCUT2D eigenvalue weighted by atomic mass is 10.1. The molecule has 1 aromatic rings. The van der Waals surface area contributed by atoms with E-state index < -0.39 is 6.30 Å². The van der Waals surface area contributed by atoms with Gasteiger partial charge in [-0.2, -0.15) is 0 Å². The first-order valence-corrected chi connectivity index (χ1v) is 4.79. The van der Waals surface area contributed by atoms with Gasteiger partial charge in [0.25, 0.3) is 0 Å². The largest absolute Gasteiger partial charge is 0.462 e. The third-order valence-corrected chi connectivity index (χ3v) is 1.90. The number of carbonyl (C=O) groups is 1. The van der Waals surface area contributed by atoms with Crippen LogP contribution in [0.25, 0.3) is 0 Å². The predicted molar refractivity (Wildman–Crippen MR) is 55.2 cm³/mol. The van der Waals surface area contributed by atoms with Crippen LogP contribution in [0.4, 0.5) is 4.39 Å². The first-order chi connectivity index (χ1) is 7.13. The lowest BCUT2D eigenvalue weighted by molar-refractivity contribution is 0.0526. The summed E-state index contributed by atoms with van der Waals surface area (Å²) in [5, 5.41) is 0. The minimum atomic E-state index is -1.36. The molecule has 0 radical (unpaired) electrons. The number of nitrogens with two attached hydrogens (primary N) is 1. The van der Waals surface area contributed by atoms with Gasteiger partial charge < -0.3 is 10.5 Å². The van der Waals surface area contributed by atoms with Crippen LogP contribution in [-0.4, -0.2) is 18.9 Å². The molecule has 3 nitrogen and oxygen atoms in total. The number of carbonyl (C=O) groups excluding carboxylic acids is 1. The zero-order valence-electron chi connectivity index (χ0n) is 8.57. The lowest BCUT2D eigenvalue weighted by Gasteiger charge is -2.04. The first kappa shape index (κ1) is 11.7. The van der Waals surface area contributed by atoms with Crippen LogP contribution in [0, 0.1) is 0 Å². The van der Waals surface area contributed by atoms with E-state index in [9.17, 15) is 9.18 Å². The van der Waals surface area contributed by atoms with E-state index in [2.05, 4.69) is 0 Å². The summed E-state index contributed by atoms with van der Waals surface area (Å²) >= 11 is 0. The Labute approximate surface area is 88.0 Å². The Hall–Kier alpha value is -1.42. The quantitative estimate of drug-likeness (QED) is 0.608. The first-order valence-electron chi connectivity index (χ1n) is 4.79. The van der Waals surface area contributed by atoms with Gasteiger partial charge in [-0.05, 0) is 24.6 Å². The molecule has 0 aromatic heterocycles. The zero-order valence-corrected chi connectivity index (χ0v) is 8.57. The standard InChI is InChI=1S/C11H14FNO2/c1-2-15-11(14)9-5-3-8(4-6-9)7-10(12)13/h3-6,10H,2,7,13H2,1H3. The topological polar surface area (TPSA) is 52.3 Å². The minimum absolute atomic E-state index is 0.156. The van der Waals surface area contributed by atoms with Crippen molar-refractivity contribution in [3.63, 3.8) is 0 Å². The van der Waals surface area contributed by atoms with Crippen molar-refractivity contribution in [2.45, 2.75) is 19.6 Å². The number of benzene rings is 1. The highest BCUT2D eigenvalue weighted by Gasteiger charge is 2.06. The van der Waals surface area contributed by atoms with Crippen molar-refractivity contribution in [2.75, 3.05) is 6.61 Å². The molecule has 0 bridgehead atoms. The highest BCUT2D eigenvalue weighted by molar-refractivity contribution is 5.89. The lowest BCUT2D eigenvalue weighted by Crippen LogP contribution is -2.16. The summed E-state index contributed by atoms with van der Waals surface area (Å²) < 4.78 is 17.3. The highest BCUT2D eigenvalue weighted by atomic mass is 19.1. The molecule has 15 heavy (non-hydrogen) atoms. The second-order valence-corrected chi connectivity index (χ2v) is 3.14. The monoisotopic (exact) mass is 211 g/mol. The third-order valence-electron chi connectivity index (χ3n) is 1.90. The fraction of sp³-hybridized carbons (Fsp3) is 0.364. The maximum atomic E-state index is 12.5. The number of rotatable bonds is 4. The summed E-state index contributed by atoms with van der Waals surface area (Å²) in [7, 11) is 0. The molecule has 0 aliphatic rings. The summed E-state index contributed by atoms with van der Waals surface area (Å²) in [5.41, 5.74) is 6.24. The smallest absolute Gasteiger partial charge is 0.338 e. The van der Waals surface area contributed by atoms with Crippen molar-refractivity contribution in [2.24, 2.45) is 5.73 Å². The Kier molecular flexibility index (Phi) is 4.24. The van der Waals surface area contributed by atoms with Gasteiger partial charge >= 0.3 is 5.97 Å². The predicted octanol–water partition coefficient (Wildman–Crippen LogP) is 1.66. The Morgan fingerprint density at radius 2 is 2.07 bits per heavy atom. The molecule has 0 heterocycles. The fourth-order valence-electron chi connectivity index (χ4n) is 1.22. The number of esters is 1. The van der Waals surface area contributed by atoms with Crippen molar-refractivity contribution in [1.82, 2.24) is 0 Å². The molecule has 0 saturated heterocycles. The van der Waals surface area contributed by atoms with E-state index in [0.29, 0.717) is 12.2 Å². The Balaban J connectivity index is 2.67. The van der Waals surface area contributed by atoms with Crippen molar-refractivity contribution in [1.29, 1.82) is 0 Å². The van der Waals surface area contributed by atoms with E-state index in [1.165, 1.54) is 0 Å². The number of halogens is 1. The summed E-state index contributed by atoms with van der Waals surface area (Å²) in [6.45, 7) is 2.09. The van der Waals surface area contributed by atoms with Gasteiger partial charge in [0.2, 0.25) is 0 Å². The molecule has 4 heteroatoms. The minimum Gasteiger partial charge on any atom is -0.462 e. The van der Waals surface area contributed by atoms with E-state index in [0.717, 1.165) is 5.56 Å². The molecule has 1 unspecified atom stereocenters. The maximum absolute atomic E-state index is 12.5. The van der Waals surface area contributed by atoms with Crippen molar-refractivity contribution in [3.8, 4) is 0 Å². The molecule has 0 amide bonds. The zero-order chi connectivity index (χ0) is 11.3. The van der Waals surface area contributed by atoms with Crippen LogP contribution in [0.5, 0.6) is 0 Å². The normalized spacial score (nSPS) is 12.2. The van der Waals surface area contributed by atoms with Crippen LogP contribution >= 0.6 is 0 Å². The van der Waals surface area contributed by atoms with Crippen molar-refractivity contribution >= 4 is 5.97 Å². The second kappa shape index (κ2) is 5.46. The molecule has 0 aliphatic carbocycles. The van der Waals surface area contributed by atoms with Gasteiger partial charge in [0.05, 0.1) is 12.2 Å². The Morgan fingerprint density at radius 3 is 2.53 bits per heavy atom. The van der Waals surface area contributed by atoms with Gasteiger partial charge in [-0.15, -0.1) is 0 Å². The van der Waals surface area contributed by atoms with Gasteiger partial charge in [-0.3, -0.25) is 0 Å². The van der Waals surface area contributed by atoms with Crippen LogP contribution in [0.3, 0.4) is 0 Å². The molecule has 1 rings (SSSR count). The summed E-state index contributed by atoms with van der Waals surface area (Å²) in [5.74, 6) is -0.367. The Bertz CT molecular complexity index is 322. The van der Waals surface area contributed by atoms with E-state index in [1.54, 1.807) is 31.2 Å². The van der Waals surface area contributed by atoms with Crippen LogP contribution < -0.4 is 5.73 Å². The molecule has 1 atom stereocenters. The van der Waals surface area contributed by atoms with E-state index in [1.807, 2.05) is 0 Å². The number of ether oxygens (including phenoxy) is 1. The van der Waals surface area contributed by atoms with Gasteiger partial charge in [-0.25, -0.2) is 9.18 Å². The molecular formula is C11H14FNO2. The summed E-state index contributed by atoms with van der Waals surface area (Å²) in [4.78, 5) is 11.3. The molecule has 0 aliphatic heterocycles. The number of hydrogen-bond acceptors (Lipinski definition) is 3. The molecule has 1 aromatic carbocycles. The van der Waals surface area contributed by atoms with Gasteiger partial charge in [-0.1, -0.05) is 12.1 Å². The maximum Gasteiger partial charge on any atom is 0.338 e. The van der Waals surface area contributed by atoms with Gasteiger partial charge in [0.1, 0.15) is 0 Å². The number of hydrogen-bond donors (Lipinski definition) is 1. The van der Waals surface area contributed by atoms with Gasteiger partial charge in [0, 0.05) is 6.42 Å². The average molecular weight is 211 g/mol. The molecule has 0 saturated carbocycles. The molecular weight excluding hydrogens is 197 g/mol. The van der Waals surface area contributed by atoms with Crippen molar-refractivity contribution in [3.05, 3.63) is 35.4 Å². The Morgan fingerprint density at radius 1 is 1.47 bits per heavy atom. The molecule has 82 valence electrons. The van der Waals surface area contributed by atoms with E-state index in [4.69, 9.17) is 10.5 Å². The van der Waals surface area contributed by atoms with Crippen LogP contribution in [0.2, 0.25) is 0 Å². The molecule has 0 spiro atoms. The number of alkyl halides is 1. The third kappa shape index (κ3) is 3.67. The van der Waals surface area contributed by atoms with E-state index in [-0.39, 0.29) is 12.4 Å². The van der Waals surface area contributed by atoms with Crippen molar-refractivity contribution < 1.29 is 13.9 Å². The summed E-state index contributed by atoms with van der Waals surface area (Å²) in [6, 6.07) is 6.56. The van der Waals surface area contributed by atoms with Crippen LogP contribution in [0.15, 0.2) is 24.3 Å². The molecule has 2 N–H and O–H groups in total. The van der Waals surface area contributed by atoms with Crippen LogP contribution in [-0.2, 0) is 11.2 Å². The van der Waals surface area contributed by atoms with Gasteiger partial charge in [0.15, 0.2) is 6.30 Å². The molecule has 0 fully saturated rings. The summed E-state index contributed by atoms with van der Waals surface area (Å²) in [6.07, 6.45) is -1.21.